The van der Waals surface area contributed by atoms with E-state index >= 15 is 0 Å². The Morgan fingerprint density at radius 1 is 1.23 bits per heavy atom. The zero-order valence-electron chi connectivity index (χ0n) is 17.0. The average molecular weight is 409 g/mol. The highest BCUT2D eigenvalue weighted by atomic mass is 16.7. The minimum atomic E-state index is -0.343. The van der Waals surface area contributed by atoms with E-state index in [4.69, 9.17) is 14.2 Å². The van der Waals surface area contributed by atoms with Crippen LogP contribution < -0.4 is 14.8 Å². The second-order valence-electron chi connectivity index (χ2n) is 8.25. The standard InChI is InChI=1S/C23H27N3O4/c27-22(18-6-7-19-20(12-18)29-16-28-19)26-10-11-30-23(15-26)8-2-1-5-21(23)25-14-17-4-3-9-24-13-17/h3-4,6-7,9,12-13,21,25H,1-2,5,8,10-11,14-16H2/t21-,23+/m0/s1. The Balaban J connectivity index is 1.31. The summed E-state index contributed by atoms with van der Waals surface area (Å²) in [5.41, 5.74) is 1.44. The van der Waals surface area contributed by atoms with Gasteiger partial charge in [-0.25, -0.2) is 0 Å². The number of morpholine rings is 1. The number of carbonyl (C=O) groups excluding carboxylic acids is 1. The summed E-state index contributed by atoms with van der Waals surface area (Å²) in [4.78, 5) is 19.4. The van der Waals surface area contributed by atoms with E-state index in [0.717, 1.165) is 31.4 Å². The SMILES string of the molecule is O=C(c1ccc2c(c1)OCO2)N1CCO[C@]2(CCCC[C@@H]2NCc2cccnc2)C1. The number of ether oxygens (including phenoxy) is 3. The van der Waals surface area contributed by atoms with Gasteiger partial charge in [-0.15, -0.1) is 0 Å². The molecule has 3 heterocycles. The van der Waals surface area contributed by atoms with Crippen LogP contribution in [0.25, 0.3) is 0 Å². The Bertz CT molecular complexity index is 903. The quantitative estimate of drug-likeness (QED) is 0.837. The lowest BCUT2D eigenvalue weighted by Gasteiger charge is -2.49. The molecule has 1 saturated carbocycles. The smallest absolute Gasteiger partial charge is 0.254 e. The molecule has 0 unspecified atom stereocenters. The first-order chi connectivity index (χ1) is 14.7. The van der Waals surface area contributed by atoms with E-state index in [2.05, 4.69) is 16.4 Å². The zero-order valence-corrected chi connectivity index (χ0v) is 17.0. The molecule has 0 bridgehead atoms. The van der Waals surface area contributed by atoms with Crippen molar-refractivity contribution in [1.29, 1.82) is 0 Å². The molecule has 1 aromatic heterocycles. The van der Waals surface area contributed by atoms with Crippen molar-refractivity contribution in [1.82, 2.24) is 15.2 Å². The van der Waals surface area contributed by atoms with Gasteiger partial charge in [-0.05, 0) is 42.7 Å². The predicted octanol–water partition coefficient (Wildman–Crippen LogP) is 2.75. The monoisotopic (exact) mass is 409 g/mol. The summed E-state index contributed by atoms with van der Waals surface area (Å²) in [5.74, 6) is 1.35. The minimum Gasteiger partial charge on any atom is -0.454 e. The van der Waals surface area contributed by atoms with Gasteiger partial charge in [0.15, 0.2) is 11.5 Å². The van der Waals surface area contributed by atoms with Crippen LogP contribution in [0, 0.1) is 0 Å². The van der Waals surface area contributed by atoms with Crippen LogP contribution in [-0.4, -0.2) is 53.9 Å². The molecule has 2 aromatic rings. The molecule has 1 aromatic carbocycles. The second-order valence-corrected chi connectivity index (χ2v) is 8.25. The molecular weight excluding hydrogens is 382 g/mol. The zero-order chi connectivity index (χ0) is 20.4. The van der Waals surface area contributed by atoms with Crippen LogP contribution in [0.1, 0.15) is 41.6 Å². The van der Waals surface area contributed by atoms with Gasteiger partial charge in [-0.1, -0.05) is 18.9 Å². The summed E-state index contributed by atoms with van der Waals surface area (Å²) in [7, 11) is 0. The maximum atomic E-state index is 13.3. The fourth-order valence-corrected chi connectivity index (χ4v) is 4.80. The van der Waals surface area contributed by atoms with Gasteiger partial charge in [0, 0.05) is 37.1 Å². The lowest BCUT2D eigenvalue weighted by atomic mass is 9.78. The van der Waals surface area contributed by atoms with Crippen LogP contribution in [0.4, 0.5) is 0 Å². The Hall–Kier alpha value is -2.64. The number of carbonyl (C=O) groups is 1. The van der Waals surface area contributed by atoms with E-state index in [9.17, 15) is 4.79 Å². The number of nitrogens with zero attached hydrogens (tertiary/aromatic N) is 2. The third kappa shape index (κ3) is 3.75. The van der Waals surface area contributed by atoms with E-state index in [1.807, 2.05) is 29.3 Å². The van der Waals surface area contributed by atoms with Crippen molar-refractivity contribution < 1.29 is 19.0 Å². The molecule has 2 atom stereocenters. The normalized spacial score (nSPS) is 25.5. The maximum Gasteiger partial charge on any atom is 0.254 e. The van der Waals surface area contributed by atoms with Crippen molar-refractivity contribution in [3.63, 3.8) is 0 Å². The Morgan fingerprint density at radius 3 is 3.07 bits per heavy atom. The summed E-state index contributed by atoms with van der Waals surface area (Å²) in [5, 5.41) is 3.69. The van der Waals surface area contributed by atoms with Crippen molar-refractivity contribution in [2.75, 3.05) is 26.5 Å². The summed E-state index contributed by atoms with van der Waals surface area (Å²) < 4.78 is 17.2. The van der Waals surface area contributed by atoms with Crippen LogP contribution in [0.5, 0.6) is 11.5 Å². The lowest BCUT2D eigenvalue weighted by Crippen LogP contribution is -2.64. The van der Waals surface area contributed by atoms with E-state index in [-0.39, 0.29) is 24.3 Å². The van der Waals surface area contributed by atoms with Gasteiger partial charge in [-0.2, -0.15) is 0 Å². The maximum absolute atomic E-state index is 13.3. The number of fused-ring (bicyclic) bond motifs is 1. The number of hydrogen-bond donors (Lipinski definition) is 1. The average Bonchev–Trinajstić information content (AvgIpc) is 3.27. The molecule has 1 spiro atoms. The highest BCUT2D eigenvalue weighted by Crippen LogP contribution is 2.37. The van der Waals surface area contributed by atoms with Crippen molar-refractivity contribution >= 4 is 5.91 Å². The van der Waals surface area contributed by atoms with Crippen LogP contribution in [0.2, 0.25) is 0 Å². The van der Waals surface area contributed by atoms with Gasteiger partial charge in [0.2, 0.25) is 6.79 Å². The van der Waals surface area contributed by atoms with Crippen LogP contribution in [-0.2, 0) is 11.3 Å². The summed E-state index contributed by atoms with van der Waals surface area (Å²) in [6, 6.07) is 9.65. The molecular formula is C23H27N3O4. The number of nitrogens with one attached hydrogen (secondary N) is 1. The van der Waals surface area contributed by atoms with Crippen molar-refractivity contribution in [3.8, 4) is 11.5 Å². The first-order valence-corrected chi connectivity index (χ1v) is 10.7. The highest BCUT2D eigenvalue weighted by Gasteiger charge is 2.46. The van der Waals surface area contributed by atoms with Gasteiger partial charge < -0.3 is 24.4 Å². The predicted molar refractivity (Wildman–Crippen MR) is 110 cm³/mol. The Morgan fingerprint density at radius 2 is 2.17 bits per heavy atom. The number of pyridine rings is 1. The minimum absolute atomic E-state index is 0.0209. The summed E-state index contributed by atoms with van der Waals surface area (Å²) >= 11 is 0. The number of rotatable bonds is 4. The third-order valence-electron chi connectivity index (χ3n) is 6.37. The first kappa shape index (κ1) is 19.3. The molecule has 2 aliphatic heterocycles. The Kier molecular flexibility index (Phi) is 5.31. The molecule has 1 aliphatic carbocycles. The van der Waals surface area contributed by atoms with E-state index in [0.29, 0.717) is 36.8 Å². The molecule has 0 radical (unpaired) electrons. The topological polar surface area (TPSA) is 72.9 Å². The number of benzene rings is 1. The van der Waals surface area contributed by atoms with Gasteiger partial charge >= 0.3 is 0 Å². The molecule has 7 nitrogen and oxygen atoms in total. The van der Waals surface area contributed by atoms with Crippen LogP contribution in [0.15, 0.2) is 42.7 Å². The lowest BCUT2D eigenvalue weighted by molar-refractivity contribution is -0.135. The van der Waals surface area contributed by atoms with Gasteiger partial charge in [0.05, 0.1) is 13.2 Å². The van der Waals surface area contributed by atoms with Crippen LogP contribution in [0.3, 0.4) is 0 Å². The summed E-state index contributed by atoms with van der Waals surface area (Å²) in [6.45, 7) is 2.72. The highest BCUT2D eigenvalue weighted by molar-refractivity contribution is 5.95. The van der Waals surface area contributed by atoms with Crippen LogP contribution >= 0.6 is 0 Å². The molecule has 30 heavy (non-hydrogen) atoms. The fraction of sp³-hybridized carbons (Fsp3) is 0.478. The van der Waals surface area contributed by atoms with Crippen molar-refractivity contribution in [2.24, 2.45) is 0 Å². The number of amides is 1. The van der Waals surface area contributed by atoms with Crippen molar-refractivity contribution in [3.05, 3.63) is 53.9 Å². The van der Waals surface area contributed by atoms with E-state index in [1.54, 1.807) is 12.3 Å². The molecule has 7 heteroatoms. The van der Waals surface area contributed by atoms with Gasteiger partial charge in [0.25, 0.3) is 5.91 Å². The largest absolute Gasteiger partial charge is 0.454 e. The molecule has 1 saturated heterocycles. The molecule has 2 fully saturated rings. The van der Waals surface area contributed by atoms with Crippen molar-refractivity contribution in [2.45, 2.75) is 43.9 Å². The van der Waals surface area contributed by atoms with Gasteiger partial charge in [0.1, 0.15) is 5.60 Å². The molecule has 158 valence electrons. The second kappa shape index (κ2) is 8.24. The molecule has 1 amide bonds. The van der Waals surface area contributed by atoms with E-state index in [1.165, 1.54) is 6.42 Å². The summed E-state index contributed by atoms with van der Waals surface area (Å²) in [6.07, 6.45) is 7.98. The van der Waals surface area contributed by atoms with Gasteiger partial charge in [-0.3, -0.25) is 9.78 Å². The third-order valence-corrected chi connectivity index (χ3v) is 6.37. The fourth-order valence-electron chi connectivity index (χ4n) is 4.80. The first-order valence-electron chi connectivity index (χ1n) is 10.7. The Labute approximate surface area is 176 Å². The molecule has 1 N–H and O–H groups in total. The number of aromatic nitrogens is 1. The molecule has 5 rings (SSSR count). The molecule has 3 aliphatic rings. The van der Waals surface area contributed by atoms with E-state index < -0.39 is 0 Å². The number of hydrogen-bond acceptors (Lipinski definition) is 6.